The summed E-state index contributed by atoms with van der Waals surface area (Å²) in [5.74, 6) is 2.44. The van der Waals surface area contributed by atoms with Crippen molar-refractivity contribution in [2.45, 2.75) is 12.3 Å². The summed E-state index contributed by atoms with van der Waals surface area (Å²) in [4.78, 5) is 0. The standard InChI is InChI=1S/C18H14O2/c1-2-6-15-12(4-1)17-13-8-9-19-16-7-3-5-11(18(13)16)14(17)10-20-15/h1-7,14H,8-10H2. The lowest BCUT2D eigenvalue weighted by atomic mass is 9.88. The topological polar surface area (TPSA) is 18.5 Å². The number of para-hydroxylation sites is 1. The van der Waals surface area contributed by atoms with E-state index in [1.165, 1.54) is 27.8 Å². The molecule has 98 valence electrons. The Hall–Kier alpha value is -2.22. The Morgan fingerprint density at radius 1 is 0.900 bits per heavy atom. The van der Waals surface area contributed by atoms with Crippen LogP contribution in [0.25, 0.3) is 11.1 Å². The molecule has 2 aromatic carbocycles. The van der Waals surface area contributed by atoms with Crippen LogP contribution in [0.5, 0.6) is 11.5 Å². The highest BCUT2D eigenvalue weighted by molar-refractivity contribution is 6.03. The molecular formula is C18H14O2. The predicted octanol–water partition coefficient (Wildman–Crippen LogP) is 3.87. The molecule has 0 aromatic heterocycles. The van der Waals surface area contributed by atoms with Crippen molar-refractivity contribution in [1.29, 1.82) is 0 Å². The smallest absolute Gasteiger partial charge is 0.127 e. The molecule has 0 saturated carbocycles. The predicted molar refractivity (Wildman–Crippen MR) is 78.0 cm³/mol. The third-order valence-corrected chi connectivity index (χ3v) is 4.60. The number of rotatable bonds is 0. The number of benzene rings is 2. The van der Waals surface area contributed by atoms with E-state index in [9.17, 15) is 0 Å². The maximum absolute atomic E-state index is 5.97. The van der Waals surface area contributed by atoms with Gasteiger partial charge in [-0.1, -0.05) is 30.3 Å². The molecule has 0 saturated heterocycles. The monoisotopic (exact) mass is 262 g/mol. The highest BCUT2D eigenvalue weighted by atomic mass is 16.5. The maximum atomic E-state index is 5.97. The van der Waals surface area contributed by atoms with Crippen LogP contribution in [0.15, 0.2) is 42.5 Å². The van der Waals surface area contributed by atoms with E-state index in [-0.39, 0.29) is 0 Å². The molecule has 0 radical (unpaired) electrons. The number of hydrogen-bond donors (Lipinski definition) is 0. The first-order valence-electron chi connectivity index (χ1n) is 7.15. The molecule has 0 N–H and O–H groups in total. The van der Waals surface area contributed by atoms with Crippen LogP contribution in [0.4, 0.5) is 0 Å². The molecular weight excluding hydrogens is 248 g/mol. The second-order valence-electron chi connectivity index (χ2n) is 5.57. The molecule has 2 aliphatic heterocycles. The molecule has 0 amide bonds. The van der Waals surface area contributed by atoms with Crippen molar-refractivity contribution in [3.63, 3.8) is 0 Å². The van der Waals surface area contributed by atoms with E-state index in [0.29, 0.717) is 5.92 Å². The highest BCUT2D eigenvalue weighted by Gasteiger charge is 2.39. The minimum atomic E-state index is 0.372. The molecule has 2 heterocycles. The zero-order valence-electron chi connectivity index (χ0n) is 11.1. The summed E-state index contributed by atoms with van der Waals surface area (Å²) < 4.78 is 11.8. The van der Waals surface area contributed by atoms with Crippen LogP contribution in [0.1, 0.15) is 29.0 Å². The Morgan fingerprint density at radius 2 is 1.80 bits per heavy atom. The van der Waals surface area contributed by atoms with Crippen LogP contribution in [0.3, 0.4) is 0 Å². The van der Waals surface area contributed by atoms with E-state index in [0.717, 1.165) is 31.1 Å². The van der Waals surface area contributed by atoms with Gasteiger partial charge in [0.2, 0.25) is 0 Å². The van der Waals surface area contributed by atoms with Gasteiger partial charge in [0.15, 0.2) is 0 Å². The van der Waals surface area contributed by atoms with Gasteiger partial charge in [0.1, 0.15) is 11.5 Å². The highest BCUT2D eigenvalue weighted by Crippen LogP contribution is 2.55. The lowest BCUT2D eigenvalue weighted by molar-refractivity contribution is 0.298. The van der Waals surface area contributed by atoms with Crippen LogP contribution in [-0.4, -0.2) is 13.2 Å². The average Bonchev–Trinajstić information content (AvgIpc) is 2.85. The summed E-state index contributed by atoms with van der Waals surface area (Å²) >= 11 is 0. The van der Waals surface area contributed by atoms with Gasteiger partial charge in [0, 0.05) is 23.5 Å². The largest absolute Gasteiger partial charge is 0.493 e. The first-order chi connectivity index (χ1) is 9.93. The van der Waals surface area contributed by atoms with E-state index < -0.39 is 0 Å². The van der Waals surface area contributed by atoms with Crippen LogP contribution in [0.2, 0.25) is 0 Å². The molecule has 20 heavy (non-hydrogen) atoms. The quantitative estimate of drug-likeness (QED) is 0.717. The third-order valence-electron chi connectivity index (χ3n) is 4.60. The lowest BCUT2D eigenvalue weighted by Gasteiger charge is -2.26. The summed E-state index contributed by atoms with van der Waals surface area (Å²) in [7, 11) is 0. The molecule has 1 aliphatic carbocycles. The normalized spacial score (nSPS) is 21.5. The van der Waals surface area contributed by atoms with Gasteiger partial charge in [0.25, 0.3) is 0 Å². The van der Waals surface area contributed by atoms with Crippen LogP contribution in [0, 0.1) is 0 Å². The molecule has 5 rings (SSSR count). The van der Waals surface area contributed by atoms with Crippen molar-refractivity contribution in [3.05, 3.63) is 59.2 Å². The Kier molecular flexibility index (Phi) is 1.93. The van der Waals surface area contributed by atoms with Gasteiger partial charge in [0.05, 0.1) is 13.2 Å². The fourth-order valence-corrected chi connectivity index (χ4v) is 3.82. The molecule has 0 spiro atoms. The average molecular weight is 262 g/mol. The van der Waals surface area contributed by atoms with Crippen LogP contribution in [-0.2, 0) is 0 Å². The van der Waals surface area contributed by atoms with Gasteiger partial charge in [-0.25, -0.2) is 0 Å². The van der Waals surface area contributed by atoms with Gasteiger partial charge in [-0.2, -0.15) is 0 Å². The molecule has 2 aromatic rings. The zero-order chi connectivity index (χ0) is 13.1. The Morgan fingerprint density at radius 3 is 2.80 bits per heavy atom. The van der Waals surface area contributed by atoms with Gasteiger partial charge in [-0.3, -0.25) is 0 Å². The SMILES string of the molecule is c1ccc2c(c1)OCC1C2=C2CCOc3cccc1c32. The minimum absolute atomic E-state index is 0.372. The van der Waals surface area contributed by atoms with Gasteiger partial charge < -0.3 is 9.47 Å². The minimum Gasteiger partial charge on any atom is -0.493 e. The Bertz CT molecular complexity index is 758. The molecule has 0 fully saturated rings. The Labute approximate surface area is 117 Å². The van der Waals surface area contributed by atoms with Crippen molar-refractivity contribution in [1.82, 2.24) is 0 Å². The molecule has 0 bridgehead atoms. The van der Waals surface area contributed by atoms with Gasteiger partial charge >= 0.3 is 0 Å². The first-order valence-corrected chi connectivity index (χ1v) is 7.15. The number of fused-ring (bicyclic) bond motifs is 4. The van der Waals surface area contributed by atoms with E-state index in [2.05, 4.69) is 36.4 Å². The van der Waals surface area contributed by atoms with Crippen LogP contribution >= 0.6 is 0 Å². The van der Waals surface area contributed by atoms with Crippen molar-refractivity contribution in [3.8, 4) is 11.5 Å². The first kappa shape index (κ1) is 10.6. The van der Waals surface area contributed by atoms with Crippen molar-refractivity contribution >= 4 is 11.1 Å². The summed E-state index contributed by atoms with van der Waals surface area (Å²) in [6.45, 7) is 1.53. The van der Waals surface area contributed by atoms with Crippen molar-refractivity contribution in [2.24, 2.45) is 0 Å². The number of hydrogen-bond acceptors (Lipinski definition) is 2. The molecule has 1 atom stereocenters. The zero-order valence-corrected chi connectivity index (χ0v) is 11.1. The van der Waals surface area contributed by atoms with E-state index in [4.69, 9.17) is 9.47 Å². The molecule has 3 aliphatic rings. The fourth-order valence-electron chi connectivity index (χ4n) is 3.82. The van der Waals surface area contributed by atoms with E-state index in [1.807, 2.05) is 6.07 Å². The maximum Gasteiger partial charge on any atom is 0.127 e. The Balaban J connectivity index is 1.85. The van der Waals surface area contributed by atoms with Crippen LogP contribution < -0.4 is 9.47 Å². The third kappa shape index (κ3) is 1.19. The van der Waals surface area contributed by atoms with Gasteiger partial charge in [-0.05, 0) is 28.8 Å². The van der Waals surface area contributed by atoms with E-state index in [1.54, 1.807) is 0 Å². The van der Waals surface area contributed by atoms with Crippen molar-refractivity contribution < 1.29 is 9.47 Å². The summed E-state index contributed by atoms with van der Waals surface area (Å²) in [5, 5.41) is 0. The van der Waals surface area contributed by atoms with Crippen molar-refractivity contribution in [2.75, 3.05) is 13.2 Å². The molecule has 2 nitrogen and oxygen atoms in total. The summed E-state index contributed by atoms with van der Waals surface area (Å²) in [6.07, 6.45) is 1.00. The lowest BCUT2D eigenvalue weighted by Crippen LogP contribution is -2.16. The summed E-state index contributed by atoms with van der Waals surface area (Å²) in [5.41, 5.74) is 6.92. The second kappa shape index (κ2) is 3.66. The molecule has 1 unspecified atom stereocenters. The fraction of sp³-hybridized carbons (Fsp3) is 0.222. The van der Waals surface area contributed by atoms with E-state index >= 15 is 0 Å². The number of ether oxygens (including phenoxy) is 2. The molecule has 2 heteroatoms. The second-order valence-corrected chi connectivity index (χ2v) is 5.57. The summed E-state index contributed by atoms with van der Waals surface area (Å²) in [6, 6.07) is 14.8. The van der Waals surface area contributed by atoms with Gasteiger partial charge in [-0.15, -0.1) is 0 Å².